The molecule has 0 aliphatic rings. The molecule has 20 heavy (non-hydrogen) atoms. The van der Waals surface area contributed by atoms with E-state index in [2.05, 4.69) is 10.4 Å². The van der Waals surface area contributed by atoms with Crippen LogP contribution in [-0.4, -0.2) is 9.78 Å². The summed E-state index contributed by atoms with van der Waals surface area (Å²) in [5, 5.41) is 6.68. The molecule has 7 heteroatoms. The highest BCUT2D eigenvalue weighted by Crippen LogP contribution is 2.31. The quantitative estimate of drug-likeness (QED) is 0.876. The van der Waals surface area contributed by atoms with E-state index in [0.29, 0.717) is 0 Å². The first kappa shape index (κ1) is 14.4. The summed E-state index contributed by atoms with van der Waals surface area (Å²) in [6.07, 6.45) is -2.90. The van der Waals surface area contributed by atoms with Gasteiger partial charge in [-0.1, -0.05) is 0 Å². The Morgan fingerprint density at radius 1 is 1.30 bits per heavy atom. The number of rotatable bonds is 3. The number of halogens is 4. The largest absolute Gasteiger partial charge is 0.416 e. The summed E-state index contributed by atoms with van der Waals surface area (Å²) in [4.78, 5) is 0. The van der Waals surface area contributed by atoms with Gasteiger partial charge in [0, 0.05) is 24.8 Å². The molecule has 0 saturated heterocycles. The molecule has 1 heterocycles. The predicted octanol–water partition coefficient (Wildman–Crippen LogP) is 3.50. The number of aromatic nitrogens is 2. The Morgan fingerprint density at radius 3 is 2.55 bits per heavy atom. The van der Waals surface area contributed by atoms with Gasteiger partial charge < -0.3 is 5.32 Å². The van der Waals surface area contributed by atoms with E-state index in [9.17, 15) is 17.6 Å². The van der Waals surface area contributed by atoms with Crippen molar-refractivity contribution in [1.82, 2.24) is 9.78 Å². The second kappa shape index (κ2) is 5.15. The van der Waals surface area contributed by atoms with E-state index in [-0.39, 0.29) is 12.2 Å². The molecular formula is C13H13F4N3. The Labute approximate surface area is 113 Å². The minimum atomic E-state index is -4.49. The van der Waals surface area contributed by atoms with Crippen LogP contribution in [0.2, 0.25) is 0 Å². The molecule has 1 N–H and O–H groups in total. The van der Waals surface area contributed by atoms with Gasteiger partial charge in [0.05, 0.1) is 17.4 Å². The van der Waals surface area contributed by atoms with Crippen molar-refractivity contribution >= 4 is 5.69 Å². The molecular weight excluding hydrogens is 274 g/mol. The predicted molar refractivity (Wildman–Crippen MR) is 66.7 cm³/mol. The Morgan fingerprint density at radius 2 is 2.00 bits per heavy atom. The Kier molecular flexibility index (Phi) is 3.69. The third-order valence-electron chi connectivity index (χ3n) is 3.10. The van der Waals surface area contributed by atoms with Gasteiger partial charge in [0.1, 0.15) is 5.82 Å². The van der Waals surface area contributed by atoms with Crippen LogP contribution in [0.5, 0.6) is 0 Å². The van der Waals surface area contributed by atoms with Crippen molar-refractivity contribution in [1.29, 1.82) is 0 Å². The lowest BCUT2D eigenvalue weighted by molar-refractivity contribution is -0.137. The topological polar surface area (TPSA) is 29.9 Å². The molecule has 0 atom stereocenters. The average molecular weight is 287 g/mol. The van der Waals surface area contributed by atoms with Gasteiger partial charge in [0.25, 0.3) is 0 Å². The number of aryl methyl sites for hydroxylation is 1. The molecule has 3 nitrogen and oxygen atoms in total. The van der Waals surface area contributed by atoms with E-state index in [1.807, 2.05) is 6.92 Å². The lowest BCUT2D eigenvalue weighted by Gasteiger charge is -2.11. The summed E-state index contributed by atoms with van der Waals surface area (Å²) in [6, 6.07) is 2.29. The standard InChI is InChI=1S/C13H13F4N3/c1-8-9(7-19-20(8)2)6-18-12-5-10(13(15,16)17)3-4-11(12)14/h3-5,7,18H,6H2,1-2H3. The molecule has 0 radical (unpaired) electrons. The molecule has 0 fully saturated rings. The molecule has 0 amide bonds. The normalized spacial score (nSPS) is 11.7. The highest BCUT2D eigenvalue weighted by Gasteiger charge is 2.31. The third kappa shape index (κ3) is 2.92. The maximum atomic E-state index is 13.5. The van der Waals surface area contributed by atoms with E-state index < -0.39 is 17.6 Å². The summed E-state index contributed by atoms with van der Waals surface area (Å²) in [5.41, 5.74) is 0.599. The minimum Gasteiger partial charge on any atom is -0.378 e. The van der Waals surface area contributed by atoms with Crippen LogP contribution in [0.25, 0.3) is 0 Å². The fourth-order valence-corrected chi connectivity index (χ4v) is 1.75. The molecule has 0 bridgehead atoms. The van der Waals surface area contributed by atoms with Gasteiger partial charge in [-0.2, -0.15) is 18.3 Å². The number of nitrogens with zero attached hydrogens (tertiary/aromatic N) is 2. The summed E-state index contributed by atoms with van der Waals surface area (Å²) in [7, 11) is 1.75. The molecule has 108 valence electrons. The summed E-state index contributed by atoms with van der Waals surface area (Å²) in [5.74, 6) is -0.723. The van der Waals surface area contributed by atoms with Gasteiger partial charge in [-0.05, 0) is 25.1 Å². The van der Waals surface area contributed by atoms with Crippen LogP contribution in [0, 0.1) is 12.7 Å². The van der Waals surface area contributed by atoms with E-state index >= 15 is 0 Å². The first-order chi connectivity index (χ1) is 9.29. The molecule has 0 aliphatic carbocycles. The summed E-state index contributed by atoms with van der Waals surface area (Å²) < 4.78 is 52.9. The highest BCUT2D eigenvalue weighted by molar-refractivity contribution is 5.48. The van der Waals surface area contributed by atoms with Crippen molar-refractivity contribution < 1.29 is 17.6 Å². The van der Waals surface area contributed by atoms with E-state index in [0.717, 1.165) is 29.5 Å². The van der Waals surface area contributed by atoms with Crippen LogP contribution < -0.4 is 5.32 Å². The number of alkyl halides is 3. The SMILES string of the molecule is Cc1c(CNc2cc(C(F)(F)F)ccc2F)cnn1C. The zero-order valence-corrected chi connectivity index (χ0v) is 10.9. The van der Waals surface area contributed by atoms with Gasteiger partial charge in [-0.25, -0.2) is 4.39 Å². The number of hydrogen-bond acceptors (Lipinski definition) is 2. The van der Waals surface area contributed by atoms with Gasteiger partial charge >= 0.3 is 6.18 Å². The van der Waals surface area contributed by atoms with Crippen LogP contribution in [0.3, 0.4) is 0 Å². The van der Waals surface area contributed by atoms with E-state index in [1.165, 1.54) is 0 Å². The van der Waals surface area contributed by atoms with Crippen molar-refractivity contribution in [3.63, 3.8) is 0 Å². The van der Waals surface area contributed by atoms with Crippen molar-refractivity contribution in [2.45, 2.75) is 19.6 Å². The van der Waals surface area contributed by atoms with Crippen LogP contribution in [-0.2, 0) is 19.8 Å². The Hall–Kier alpha value is -2.05. The van der Waals surface area contributed by atoms with Crippen LogP contribution in [0.4, 0.5) is 23.2 Å². The maximum absolute atomic E-state index is 13.5. The molecule has 2 rings (SSSR count). The number of nitrogens with one attached hydrogen (secondary N) is 1. The maximum Gasteiger partial charge on any atom is 0.416 e. The van der Waals surface area contributed by atoms with Gasteiger partial charge in [-0.15, -0.1) is 0 Å². The average Bonchev–Trinajstić information content (AvgIpc) is 2.68. The summed E-state index contributed by atoms with van der Waals surface area (Å²) in [6.45, 7) is 2.03. The van der Waals surface area contributed by atoms with Crippen LogP contribution in [0.1, 0.15) is 16.8 Å². The second-order valence-electron chi connectivity index (χ2n) is 4.42. The molecule has 0 spiro atoms. The fraction of sp³-hybridized carbons (Fsp3) is 0.308. The van der Waals surface area contributed by atoms with Crippen molar-refractivity contribution in [2.75, 3.05) is 5.32 Å². The lowest BCUT2D eigenvalue weighted by atomic mass is 10.1. The smallest absolute Gasteiger partial charge is 0.378 e. The second-order valence-corrected chi connectivity index (χ2v) is 4.42. The molecule has 1 aromatic heterocycles. The molecule has 0 aliphatic heterocycles. The molecule has 0 unspecified atom stereocenters. The van der Waals surface area contributed by atoms with Gasteiger partial charge in [0.2, 0.25) is 0 Å². The van der Waals surface area contributed by atoms with E-state index in [1.54, 1.807) is 17.9 Å². The minimum absolute atomic E-state index is 0.178. The summed E-state index contributed by atoms with van der Waals surface area (Å²) >= 11 is 0. The number of hydrogen-bond donors (Lipinski definition) is 1. The Bertz CT molecular complexity index is 617. The zero-order chi connectivity index (χ0) is 14.9. The lowest BCUT2D eigenvalue weighted by Crippen LogP contribution is -2.08. The van der Waals surface area contributed by atoms with Crippen molar-refractivity contribution in [3.05, 3.63) is 47.0 Å². The van der Waals surface area contributed by atoms with Crippen LogP contribution >= 0.6 is 0 Å². The van der Waals surface area contributed by atoms with Gasteiger partial charge in [0.15, 0.2) is 0 Å². The van der Waals surface area contributed by atoms with Gasteiger partial charge in [-0.3, -0.25) is 4.68 Å². The molecule has 0 saturated carbocycles. The van der Waals surface area contributed by atoms with E-state index in [4.69, 9.17) is 0 Å². The monoisotopic (exact) mass is 287 g/mol. The van der Waals surface area contributed by atoms with Crippen LogP contribution in [0.15, 0.2) is 24.4 Å². The molecule has 1 aromatic carbocycles. The Balaban J connectivity index is 2.19. The van der Waals surface area contributed by atoms with Crippen molar-refractivity contribution in [2.24, 2.45) is 7.05 Å². The highest BCUT2D eigenvalue weighted by atomic mass is 19.4. The fourth-order valence-electron chi connectivity index (χ4n) is 1.75. The number of anilines is 1. The zero-order valence-electron chi connectivity index (χ0n) is 10.9. The first-order valence-electron chi connectivity index (χ1n) is 5.87. The molecule has 2 aromatic rings. The first-order valence-corrected chi connectivity index (χ1v) is 5.87. The third-order valence-corrected chi connectivity index (χ3v) is 3.10. The van der Waals surface area contributed by atoms with Crippen molar-refractivity contribution in [3.8, 4) is 0 Å². The number of benzene rings is 1.